The molecule has 0 aromatic heterocycles. The molecule has 0 atom stereocenters. The van der Waals surface area contributed by atoms with Crippen LogP contribution in [0.2, 0.25) is 154 Å². The second-order valence-corrected chi connectivity index (χ2v) is 60.7. The van der Waals surface area contributed by atoms with Crippen LogP contribution in [-0.2, 0) is 62.8 Å². The summed E-state index contributed by atoms with van der Waals surface area (Å²) in [5, 5.41) is 36.2. The quantitative estimate of drug-likeness (QED) is 0.0148. The van der Waals surface area contributed by atoms with Crippen molar-refractivity contribution in [3.8, 4) is 0 Å². The molecule has 18 nitrogen and oxygen atoms in total. The lowest BCUT2D eigenvalue weighted by molar-refractivity contribution is -0.156. The smallest absolute Gasteiger partial charge is 0.317 e. The number of rotatable bonds is 38. The lowest BCUT2D eigenvalue weighted by atomic mass is 10.4. The molecule has 0 heterocycles. The van der Waals surface area contributed by atoms with Crippen molar-refractivity contribution in [3.63, 3.8) is 0 Å². The van der Waals surface area contributed by atoms with Crippen molar-refractivity contribution >= 4 is 99.5 Å². The first kappa shape index (κ1) is 97.5. The van der Waals surface area contributed by atoms with Crippen LogP contribution in [0, 0.1) is 0 Å². The maximum absolute atomic E-state index is 12.2. The van der Waals surface area contributed by atoms with Crippen LogP contribution in [-0.4, -0.2) is 173 Å². The van der Waals surface area contributed by atoms with Gasteiger partial charge >= 0.3 is 49.6 Å². The van der Waals surface area contributed by atoms with E-state index in [1.165, 1.54) is 0 Å². The maximum Gasteiger partial charge on any atom is 0.317 e. The fraction of sp³-hybridized carbons (Fsp3) is 0.923. The Hall–Kier alpha value is -0.568. The van der Waals surface area contributed by atoms with E-state index in [4.69, 9.17) is 54.6 Å². The number of ether oxygens (including phenoxy) is 4. The number of carbonyl (C=O) groups excluding carboxylic acids is 4. The highest BCUT2D eigenvalue weighted by Crippen LogP contribution is 2.29. The van der Waals surface area contributed by atoms with E-state index in [-0.39, 0.29) is 104 Å². The highest BCUT2D eigenvalue weighted by atomic mass is 28.5. The third-order valence-electron chi connectivity index (χ3n) is 10.4. The molecule has 0 aliphatic carbocycles. The average Bonchev–Trinajstić information content (AvgIpc) is 3.19. The Morgan fingerprint density at radius 3 is 0.620 bits per heavy atom. The van der Waals surface area contributed by atoms with Crippen LogP contribution in [0.1, 0.15) is 110 Å². The van der Waals surface area contributed by atoms with Gasteiger partial charge in [-0.15, -0.1) is 0 Å². The molecule has 4 N–H and O–H groups in total. The van der Waals surface area contributed by atoms with Gasteiger partial charge in [0.2, 0.25) is 0 Å². The number of carbonyl (C=O) groups is 4. The van der Waals surface area contributed by atoms with Gasteiger partial charge in [0, 0.05) is 26.4 Å². The van der Waals surface area contributed by atoms with Crippen molar-refractivity contribution in [2.75, 3.05) is 52.9 Å². The van der Waals surface area contributed by atoms with Crippen LogP contribution >= 0.6 is 0 Å². The Labute approximate surface area is 496 Å². The van der Waals surface area contributed by atoms with E-state index >= 15 is 0 Å². The van der Waals surface area contributed by atoms with Gasteiger partial charge in [-0.2, -0.15) is 0 Å². The molecule has 0 amide bonds. The molecule has 0 saturated heterocycles. The largest absolute Gasteiger partial charge is 0.466 e. The number of aliphatic hydroxyl groups excluding tert-OH is 4. The highest BCUT2D eigenvalue weighted by Gasteiger charge is 2.42. The Morgan fingerprint density at radius 2 is 0.456 bits per heavy atom. The molecular formula is C52H132O18Si9. The zero-order valence-corrected chi connectivity index (χ0v) is 58.6. The summed E-state index contributed by atoms with van der Waals surface area (Å²) in [7, 11) is -18.1. The summed E-state index contributed by atoms with van der Waals surface area (Å²) in [6.45, 7) is 43.9. The van der Waals surface area contributed by atoms with E-state index in [9.17, 15) is 19.2 Å². The van der Waals surface area contributed by atoms with Crippen LogP contribution < -0.4 is 0 Å². The minimum absolute atomic E-state index is 0. The molecule has 0 spiro atoms. The Bertz CT molecular complexity index is 1430. The molecule has 0 radical (unpaired) electrons. The van der Waals surface area contributed by atoms with E-state index < -0.39 is 106 Å². The SMILES string of the molecule is C.C.C.C.C.C.CCOC(=O)CC(=O)OCC.C[Si](C)(CCCO)O[Si](C)(C)O[Si](C)(C)CCCO.C[Si](C)(CCCO)O[Si](C)(C)O[Si](C)(C)CCCOC(=O)CC(=O)OCCC[Si](C)(C)O[Si](C)(C)O[Si](C)(C)CCCO. The normalized spacial score (nSPS) is 12.1. The number of hydrogen-bond acceptors (Lipinski definition) is 18. The minimum atomic E-state index is -2.33. The van der Waals surface area contributed by atoms with Gasteiger partial charge in [0.05, 0.1) is 26.4 Å². The number of hydrogen-bond donors (Lipinski definition) is 4. The molecule has 484 valence electrons. The minimum Gasteiger partial charge on any atom is -0.466 e. The first-order chi connectivity index (χ1) is 33.2. The van der Waals surface area contributed by atoms with Crippen molar-refractivity contribution < 1.29 is 83.2 Å². The van der Waals surface area contributed by atoms with Crippen LogP contribution in [0.25, 0.3) is 0 Å². The summed E-state index contributed by atoms with van der Waals surface area (Å²) in [5.41, 5.74) is 0. The molecular weight excluding hydrogens is 1170 g/mol. The standard InChI is InChI=1S/C27H64O10Si6.C12H32O4Si3.C7H12O4.6CH4/c1-38(2,21-13-17-28)34-42(9,10)36-40(5,6)23-15-19-32-26(30)25-27(31)33-20-16-24-41(7,8)37-43(11,12)35-39(3,4)22-14-18-29;1-17(2,11-7-9-13)15-19(5,6)16-18(3,4)12-8-10-14;1-3-10-6(8)5-7(9)11-4-2;;;;;;/h28-29H,13-25H2,1-12H3;13-14H,7-12H2,1-6H3;3-5H2,1-2H3;6*1H4. The summed E-state index contributed by atoms with van der Waals surface area (Å²) in [4.78, 5) is 45.6. The van der Waals surface area contributed by atoms with E-state index in [0.717, 1.165) is 61.9 Å². The zero-order chi connectivity index (χ0) is 57.4. The van der Waals surface area contributed by atoms with Gasteiger partial charge < -0.3 is 64.1 Å². The van der Waals surface area contributed by atoms with Crippen LogP contribution in [0.5, 0.6) is 0 Å². The van der Waals surface area contributed by atoms with Gasteiger partial charge in [0.25, 0.3) is 0 Å². The van der Waals surface area contributed by atoms with Crippen molar-refractivity contribution in [1.82, 2.24) is 0 Å². The summed E-state index contributed by atoms with van der Waals surface area (Å²) in [6, 6.07) is 5.39. The maximum atomic E-state index is 12.2. The van der Waals surface area contributed by atoms with Crippen LogP contribution in [0.15, 0.2) is 0 Å². The van der Waals surface area contributed by atoms with Crippen molar-refractivity contribution in [2.24, 2.45) is 0 Å². The molecule has 0 bridgehead atoms. The molecule has 0 aromatic rings. The second kappa shape index (κ2) is 47.7. The van der Waals surface area contributed by atoms with E-state index in [1.807, 2.05) is 0 Å². The first-order valence-corrected chi connectivity index (χ1v) is 53.6. The van der Waals surface area contributed by atoms with E-state index in [0.29, 0.717) is 12.8 Å². The third-order valence-corrected chi connectivity index (χ3v) is 44.8. The summed E-state index contributed by atoms with van der Waals surface area (Å²) in [6.07, 6.45) is 3.78. The van der Waals surface area contributed by atoms with Crippen molar-refractivity contribution in [1.29, 1.82) is 0 Å². The van der Waals surface area contributed by atoms with Crippen molar-refractivity contribution in [3.05, 3.63) is 0 Å². The van der Waals surface area contributed by atoms with E-state index in [1.54, 1.807) is 13.8 Å². The molecule has 0 aliphatic rings. The molecule has 0 aromatic carbocycles. The van der Waals surface area contributed by atoms with Gasteiger partial charge in [-0.05, 0) is 206 Å². The molecule has 0 saturated carbocycles. The molecule has 27 heteroatoms. The Kier molecular flexibility index (Phi) is 58.8. The second-order valence-electron chi connectivity index (χ2n) is 23.3. The number of aliphatic hydroxyl groups is 4. The monoisotopic (exact) mass is 1300 g/mol. The lowest BCUT2D eigenvalue weighted by Gasteiger charge is -2.38. The van der Waals surface area contributed by atoms with Crippen LogP contribution in [0.3, 0.4) is 0 Å². The van der Waals surface area contributed by atoms with Gasteiger partial charge in [0.1, 0.15) is 12.8 Å². The van der Waals surface area contributed by atoms with Gasteiger partial charge in [0.15, 0.2) is 49.9 Å². The van der Waals surface area contributed by atoms with Gasteiger partial charge in [-0.25, -0.2) is 0 Å². The lowest BCUT2D eigenvalue weighted by Crippen LogP contribution is -2.52. The average molecular weight is 1300 g/mol. The molecule has 0 aliphatic heterocycles. The zero-order valence-electron chi connectivity index (χ0n) is 49.6. The van der Waals surface area contributed by atoms with Gasteiger partial charge in [-0.3, -0.25) is 19.2 Å². The Balaban J connectivity index is -0.000000161. The molecule has 0 unspecified atom stereocenters. The summed E-state index contributed by atoms with van der Waals surface area (Å²) < 4.78 is 58.4. The predicted octanol–water partition coefficient (Wildman–Crippen LogP) is 13.5. The number of esters is 4. The van der Waals surface area contributed by atoms with E-state index in [2.05, 4.69) is 127 Å². The fourth-order valence-electron chi connectivity index (χ4n) is 8.51. The molecule has 0 rings (SSSR count). The Morgan fingerprint density at radius 1 is 0.291 bits per heavy atom. The first-order valence-electron chi connectivity index (χ1n) is 26.5. The van der Waals surface area contributed by atoms with Crippen molar-refractivity contribution in [2.45, 2.75) is 264 Å². The fourth-order valence-corrected chi connectivity index (χ4v) is 50.6. The highest BCUT2D eigenvalue weighted by molar-refractivity contribution is 6.89. The predicted molar refractivity (Wildman–Crippen MR) is 354 cm³/mol. The summed E-state index contributed by atoms with van der Waals surface area (Å²) >= 11 is 0. The third kappa shape index (κ3) is 60.4. The summed E-state index contributed by atoms with van der Waals surface area (Å²) in [5.74, 6) is -2.22. The van der Waals surface area contributed by atoms with Gasteiger partial charge in [-0.1, -0.05) is 44.6 Å². The molecule has 0 fully saturated rings. The topological polar surface area (TPSA) is 241 Å². The molecule has 79 heavy (non-hydrogen) atoms. The van der Waals surface area contributed by atoms with Crippen LogP contribution in [0.4, 0.5) is 0 Å².